The fourth-order valence-electron chi connectivity index (χ4n) is 3.30. The minimum absolute atomic E-state index is 0.227. The average molecular weight is 548 g/mol. The number of benzene rings is 3. The molecule has 0 radical (unpaired) electrons. The normalized spacial score (nSPS) is 15.5. The average Bonchev–Trinajstić information content (AvgIpc) is 3.18. The molecule has 1 heterocycles. The van der Waals surface area contributed by atoms with Gasteiger partial charge in [-0.2, -0.15) is 0 Å². The van der Waals surface area contributed by atoms with Gasteiger partial charge >= 0.3 is 0 Å². The summed E-state index contributed by atoms with van der Waals surface area (Å²) in [4.78, 5) is 17.5. The minimum Gasteiger partial charge on any atom is -0.493 e. The van der Waals surface area contributed by atoms with Crippen LogP contribution in [-0.2, 0) is 17.8 Å². The van der Waals surface area contributed by atoms with Crippen molar-refractivity contribution in [2.75, 3.05) is 7.11 Å². The lowest BCUT2D eigenvalue weighted by atomic mass is 10.1. The second-order valence-corrected chi connectivity index (χ2v) is 9.83. The van der Waals surface area contributed by atoms with Gasteiger partial charge in [0.05, 0.1) is 32.8 Å². The van der Waals surface area contributed by atoms with Gasteiger partial charge in [0.2, 0.25) is 0 Å². The zero-order valence-corrected chi connectivity index (χ0v) is 22.0. The summed E-state index contributed by atoms with van der Waals surface area (Å²) in [5, 5.41) is 4.59. The van der Waals surface area contributed by atoms with E-state index in [-0.39, 0.29) is 12.5 Å². The molecule has 35 heavy (non-hydrogen) atoms. The Morgan fingerprint density at radius 2 is 1.71 bits per heavy atom. The minimum atomic E-state index is -0.228. The molecule has 9 heteroatoms. The Labute approximate surface area is 223 Å². The van der Waals surface area contributed by atoms with Crippen molar-refractivity contribution in [3.63, 3.8) is 0 Å². The number of methoxy groups -OCH3 is 1. The van der Waals surface area contributed by atoms with Crippen LogP contribution in [0, 0.1) is 0 Å². The van der Waals surface area contributed by atoms with Crippen molar-refractivity contribution in [3.05, 3.63) is 91.3 Å². The monoisotopic (exact) mass is 546 g/mol. The van der Waals surface area contributed by atoms with Crippen molar-refractivity contribution < 1.29 is 14.3 Å². The number of nitrogens with one attached hydrogen (secondary N) is 1. The number of aryl methyl sites for hydroxylation is 1. The number of amides is 1. The quantitative estimate of drug-likeness (QED) is 0.308. The Hall–Kier alpha value is -2.64. The number of nitrogens with zero attached hydrogens (tertiary/aromatic N) is 1. The highest BCUT2D eigenvalue weighted by Gasteiger charge is 2.24. The van der Waals surface area contributed by atoms with Crippen LogP contribution in [0.25, 0.3) is 6.08 Å². The van der Waals surface area contributed by atoms with E-state index in [4.69, 9.17) is 44.3 Å². The number of hydrogen-bond acceptors (Lipinski definition) is 5. The van der Waals surface area contributed by atoms with Crippen molar-refractivity contribution in [1.29, 1.82) is 0 Å². The molecule has 1 amide bonds. The van der Waals surface area contributed by atoms with E-state index in [0.717, 1.165) is 17.7 Å². The zero-order chi connectivity index (χ0) is 24.9. The van der Waals surface area contributed by atoms with Gasteiger partial charge in [-0.3, -0.25) is 4.79 Å². The molecular formula is C26H21Cl3N2O3S. The predicted molar refractivity (Wildman–Crippen MR) is 145 cm³/mol. The smallest absolute Gasteiger partial charge is 0.264 e. The summed E-state index contributed by atoms with van der Waals surface area (Å²) in [6.45, 7) is 2.32. The highest BCUT2D eigenvalue weighted by atomic mass is 35.5. The van der Waals surface area contributed by atoms with E-state index >= 15 is 0 Å². The van der Waals surface area contributed by atoms with Crippen molar-refractivity contribution >= 4 is 69.4 Å². The Morgan fingerprint density at radius 1 is 0.971 bits per heavy atom. The molecule has 4 rings (SSSR count). The zero-order valence-electron chi connectivity index (χ0n) is 18.9. The third-order valence-corrected chi connectivity index (χ3v) is 7.07. The second-order valence-electron chi connectivity index (χ2n) is 7.57. The van der Waals surface area contributed by atoms with Gasteiger partial charge < -0.3 is 14.8 Å². The molecule has 0 spiro atoms. The van der Waals surface area contributed by atoms with Crippen LogP contribution in [0.15, 0.2) is 64.5 Å². The van der Waals surface area contributed by atoms with E-state index in [0.29, 0.717) is 42.2 Å². The van der Waals surface area contributed by atoms with E-state index in [1.54, 1.807) is 30.3 Å². The topological polar surface area (TPSA) is 59.9 Å². The summed E-state index contributed by atoms with van der Waals surface area (Å²) in [6.07, 6.45) is 2.69. The second kappa shape index (κ2) is 11.4. The summed E-state index contributed by atoms with van der Waals surface area (Å²) in [7, 11) is 1.53. The Bertz CT molecular complexity index is 1320. The standard InChI is InChI=1S/C26H21Cl3N2O3S/c1-3-15-4-7-18(8-5-15)30-26-31-25(32)23(35-26)13-17-11-21(29)24(22(12-17)33-2)34-14-16-6-9-19(27)20(28)10-16/h4-13H,3,14H2,1-2H3,(H,30,31,32)/b23-13-. The van der Waals surface area contributed by atoms with Crippen LogP contribution < -0.4 is 14.8 Å². The van der Waals surface area contributed by atoms with Crippen LogP contribution >= 0.6 is 46.6 Å². The molecule has 180 valence electrons. The molecule has 3 aromatic rings. The van der Waals surface area contributed by atoms with Crippen molar-refractivity contribution in [2.45, 2.75) is 20.0 Å². The van der Waals surface area contributed by atoms with Gasteiger partial charge in [-0.05, 0) is 77.3 Å². The first-order chi connectivity index (χ1) is 16.9. The predicted octanol–water partition coefficient (Wildman–Crippen LogP) is 7.69. The van der Waals surface area contributed by atoms with Crippen LogP contribution in [-0.4, -0.2) is 18.2 Å². The summed E-state index contributed by atoms with van der Waals surface area (Å²) in [5.74, 6) is 0.607. The lowest BCUT2D eigenvalue weighted by Crippen LogP contribution is -2.19. The molecule has 5 nitrogen and oxygen atoms in total. The fourth-order valence-corrected chi connectivity index (χ4v) is 4.74. The first kappa shape index (κ1) is 25.5. The number of amidine groups is 1. The molecule has 1 N–H and O–H groups in total. The summed E-state index contributed by atoms with van der Waals surface area (Å²) in [5.41, 5.74) is 3.53. The molecule has 0 bridgehead atoms. The van der Waals surface area contributed by atoms with Crippen molar-refractivity contribution in [1.82, 2.24) is 5.32 Å². The van der Waals surface area contributed by atoms with Gasteiger partial charge in [0.1, 0.15) is 6.61 Å². The SMILES string of the molecule is CCc1ccc(N=C2NC(=O)/C(=C/c3cc(Cl)c(OCc4ccc(Cl)c(Cl)c4)c(OC)c3)S2)cc1. The van der Waals surface area contributed by atoms with Gasteiger partial charge in [-0.1, -0.05) is 59.9 Å². The molecule has 3 aromatic carbocycles. The molecular weight excluding hydrogens is 527 g/mol. The highest BCUT2D eigenvalue weighted by molar-refractivity contribution is 8.18. The molecule has 1 saturated heterocycles. The van der Waals surface area contributed by atoms with Crippen LogP contribution in [0.1, 0.15) is 23.6 Å². The maximum absolute atomic E-state index is 12.5. The van der Waals surface area contributed by atoms with E-state index in [9.17, 15) is 4.79 Å². The molecule has 0 unspecified atom stereocenters. The summed E-state index contributed by atoms with van der Waals surface area (Å²) < 4.78 is 11.4. The van der Waals surface area contributed by atoms with Crippen LogP contribution in [0.5, 0.6) is 11.5 Å². The Balaban J connectivity index is 1.51. The van der Waals surface area contributed by atoms with Crippen LogP contribution in [0.2, 0.25) is 15.1 Å². The van der Waals surface area contributed by atoms with Crippen molar-refractivity contribution in [2.24, 2.45) is 4.99 Å². The number of carbonyl (C=O) groups excluding carboxylic acids is 1. The first-order valence-electron chi connectivity index (χ1n) is 10.7. The van der Waals surface area contributed by atoms with Crippen molar-refractivity contribution in [3.8, 4) is 11.5 Å². The molecule has 1 aliphatic heterocycles. The lowest BCUT2D eigenvalue weighted by Gasteiger charge is -2.14. The lowest BCUT2D eigenvalue weighted by molar-refractivity contribution is -0.115. The van der Waals surface area contributed by atoms with Gasteiger partial charge in [-0.15, -0.1) is 0 Å². The van der Waals surface area contributed by atoms with E-state index in [1.807, 2.05) is 30.3 Å². The number of aliphatic imine (C=N–C) groups is 1. The van der Waals surface area contributed by atoms with Crippen LogP contribution in [0.4, 0.5) is 5.69 Å². The number of rotatable bonds is 7. The summed E-state index contributed by atoms with van der Waals surface area (Å²) >= 11 is 19.8. The van der Waals surface area contributed by atoms with E-state index < -0.39 is 0 Å². The number of carbonyl (C=O) groups is 1. The van der Waals surface area contributed by atoms with E-state index in [1.165, 1.54) is 24.4 Å². The highest BCUT2D eigenvalue weighted by Crippen LogP contribution is 2.39. The number of ether oxygens (including phenoxy) is 2. The maximum atomic E-state index is 12.5. The number of hydrogen-bond donors (Lipinski definition) is 1. The Morgan fingerprint density at radius 3 is 2.40 bits per heavy atom. The molecule has 0 atom stereocenters. The largest absolute Gasteiger partial charge is 0.493 e. The maximum Gasteiger partial charge on any atom is 0.264 e. The Kier molecular flexibility index (Phi) is 8.29. The summed E-state index contributed by atoms with van der Waals surface area (Å²) in [6, 6.07) is 16.6. The van der Waals surface area contributed by atoms with Gasteiger partial charge in [0, 0.05) is 0 Å². The molecule has 0 saturated carbocycles. The fraction of sp³-hybridized carbons (Fsp3) is 0.154. The van der Waals surface area contributed by atoms with Crippen LogP contribution in [0.3, 0.4) is 0 Å². The first-order valence-corrected chi connectivity index (χ1v) is 12.6. The molecule has 0 aromatic heterocycles. The van der Waals surface area contributed by atoms with Gasteiger partial charge in [0.15, 0.2) is 16.7 Å². The third kappa shape index (κ3) is 6.33. The van der Waals surface area contributed by atoms with E-state index in [2.05, 4.69) is 17.2 Å². The number of thioether (sulfide) groups is 1. The molecule has 1 aliphatic rings. The molecule has 1 fully saturated rings. The van der Waals surface area contributed by atoms with Gasteiger partial charge in [0.25, 0.3) is 5.91 Å². The van der Waals surface area contributed by atoms with Gasteiger partial charge in [-0.25, -0.2) is 4.99 Å². The number of halogens is 3. The third-order valence-electron chi connectivity index (χ3n) is 5.14. The molecule has 0 aliphatic carbocycles.